The molecule has 1 saturated heterocycles. The number of carbonyl (C=O) groups is 1. The fraction of sp³-hybridized carbons (Fsp3) is 0.280. The van der Waals surface area contributed by atoms with Crippen molar-refractivity contribution in [2.75, 3.05) is 24.5 Å². The van der Waals surface area contributed by atoms with Gasteiger partial charge in [-0.2, -0.15) is 0 Å². The number of thiazole rings is 1. The number of anilines is 1. The first-order chi connectivity index (χ1) is 17.1. The first-order valence-corrected chi connectivity index (χ1v) is 12.5. The van der Waals surface area contributed by atoms with Gasteiger partial charge >= 0.3 is 0 Å². The summed E-state index contributed by atoms with van der Waals surface area (Å²) < 4.78 is 1.82. The van der Waals surface area contributed by atoms with Gasteiger partial charge in [-0.25, -0.2) is 15.0 Å². The SMILES string of the molecule is C[C@@H]1CN(c2scnc2-c2nc3ccccc3[nH]2)CCN1C(=O)Cn1c(CO)cc2cccnc21. The molecule has 5 heterocycles. The maximum absolute atomic E-state index is 13.3. The summed E-state index contributed by atoms with van der Waals surface area (Å²) in [5.41, 5.74) is 6.00. The van der Waals surface area contributed by atoms with Crippen LogP contribution in [0.15, 0.2) is 54.2 Å². The van der Waals surface area contributed by atoms with E-state index in [2.05, 4.69) is 26.8 Å². The lowest BCUT2D eigenvalue weighted by molar-refractivity contribution is -0.134. The van der Waals surface area contributed by atoms with E-state index in [4.69, 9.17) is 4.98 Å². The van der Waals surface area contributed by atoms with Gasteiger partial charge in [0, 0.05) is 43.0 Å². The molecule has 35 heavy (non-hydrogen) atoms. The van der Waals surface area contributed by atoms with Gasteiger partial charge in [-0.1, -0.05) is 12.1 Å². The molecule has 0 saturated carbocycles. The van der Waals surface area contributed by atoms with Gasteiger partial charge in [-0.15, -0.1) is 11.3 Å². The van der Waals surface area contributed by atoms with E-state index in [0.29, 0.717) is 25.3 Å². The van der Waals surface area contributed by atoms with E-state index in [0.717, 1.165) is 38.6 Å². The summed E-state index contributed by atoms with van der Waals surface area (Å²) in [5, 5.41) is 11.8. The first-order valence-electron chi connectivity index (χ1n) is 11.6. The van der Waals surface area contributed by atoms with Crippen LogP contribution in [0, 0.1) is 0 Å². The molecule has 6 rings (SSSR count). The van der Waals surface area contributed by atoms with Crippen LogP contribution in [0.5, 0.6) is 0 Å². The number of piperazine rings is 1. The van der Waals surface area contributed by atoms with Gasteiger partial charge in [0.15, 0.2) is 5.82 Å². The van der Waals surface area contributed by atoms with Crippen molar-refractivity contribution in [3.05, 3.63) is 59.9 Å². The average molecular weight is 488 g/mol. The molecule has 2 N–H and O–H groups in total. The van der Waals surface area contributed by atoms with Crippen molar-refractivity contribution >= 4 is 44.3 Å². The maximum atomic E-state index is 13.3. The molecule has 9 nitrogen and oxygen atoms in total. The summed E-state index contributed by atoms with van der Waals surface area (Å²) in [7, 11) is 0. The summed E-state index contributed by atoms with van der Waals surface area (Å²) >= 11 is 1.59. The number of hydrogen-bond acceptors (Lipinski definition) is 7. The normalized spacial score (nSPS) is 16.5. The number of pyridine rings is 1. The minimum Gasteiger partial charge on any atom is -0.390 e. The highest BCUT2D eigenvalue weighted by molar-refractivity contribution is 7.14. The molecule has 1 aliphatic rings. The van der Waals surface area contributed by atoms with E-state index in [1.807, 2.05) is 57.4 Å². The van der Waals surface area contributed by atoms with E-state index in [-0.39, 0.29) is 25.1 Å². The number of hydrogen-bond donors (Lipinski definition) is 2. The summed E-state index contributed by atoms with van der Waals surface area (Å²) in [6.07, 6.45) is 1.71. The molecule has 178 valence electrons. The molecule has 1 amide bonds. The third-order valence-corrected chi connectivity index (χ3v) is 7.48. The number of nitrogens with one attached hydrogen (secondary N) is 1. The Balaban J connectivity index is 1.20. The number of H-pyrrole nitrogens is 1. The van der Waals surface area contributed by atoms with Crippen LogP contribution in [-0.4, -0.2) is 66.1 Å². The molecular weight excluding hydrogens is 462 g/mol. The molecule has 5 aromatic rings. The minimum absolute atomic E-state index is 0.0224. The largest absolute Gasteiger partial charge is 0.390 e. The van der Waals surface area contributed by atoms with Crippen LogP contribution < -0.4 is 4.90 Å². The van der Waals surface area contributed by atoms with Crippen LogP contribution in [0.2, 0.25) is 0 Å². The number of para-hydroxylation sites is 2. The molecule has 0 aliphatic carbocycles. The highest BCUT2D eigenvalue weighted by Gasteiger charge is 2.30. The fourth-order valence-electron chi connectivity index (χ4n) is 4.88. The zero-order valence-corrected chi connectivity index (χ0v) is 20.1. The Morgan fingerprint density at radius 2 is 2.09 bits per heavy atom. The average Bonchev–Trinajstić information content (AvgIpc) is 3.60. The summed E-state index contributed by atoms with van der Waals surface area (Å²) in [6, 6.07) is 13.7. The van der Waals surface area contributed by atoms with E-state index in [1.54, 1.807) is 17.5 Å². The summed E-state index contributed by atoms with van der Waals surface area (Å²) in [4.78, 5) is 34.7. The number of nitrogens with zero attached hydrogens (tertiary/aromatic N) is 6. The van der Waals surface area contributed by atoms with E-state index in [9.17, 15) is 9.90 Å². The van der Waals surface area contributed by atoms with Crippen molar-refractivity contribution < 1.29 is 9.90 Å². The lowest BCUT2D eigenvalue weighted by atomic mass is 10.2. The number of benzene rings is 1. The highest BCUT2D eigenvalue weighted by Crippen LogP contribution is 2.34. The van der Waals surface area contributed by atoms with Crippen molar-refractivity contribution in [1.82, 2.24) is 29.4 Å². The molecule has 0 spiro atoms. The molecule has 1 aromatic carbocycles. The molecule has 0 radical (unpaired) electrons. The molecule has 1 fully saturated rings. The van der Waals surface area contributed by atoms with Crippen molar-refractivity contribution in [3.8, 4) is 11.5 Å². The topological polar surface area (TPSA) is 103 Å². The Hall–Kier alpha value is -3.76. The number of carbonyl (C=O) groups excluding carboxylic acids is 1. The van der Waals surface area contributed by atoms with Gasteiger partial charge in [-0.05, 0) is 37.3 Å². The lowest BCUT2D eigenvalue weighted by Crippen LogP contribution is -2.54. The predicted molar refractivity (Wildman–Crippen MR) is 136 cm³/mol. The van der Waals surface area contributed by atoms with Crippen LogP contribution in [0.3, 0.4) is 0 Å². The zero-order valence-electron chi connectivity index (χ0n) is 19.3. The second-order valence-corrected chi connectivity index (χ2v) is 9.62. The number of aliphatic hydroxyl groups is 1. The number of imidazole rings is 1. The second kappa shape index (κ2) is 8.79. The zero-order chi connectivity index (χ0) is 23.9. The van der Waals surface area contributed by atoms with E-state index in [1.165, 1.54) is 0 Å². The number of amides is 1. The third-order valence-electron chi connectivity index (χ3n) is 6.59. The Labute approximate surface area is 205 Å². The molecule has 0 unspecified atom stereocenters. The van der Waals surface area contributed by atoms with Crippen molar-refractivity contribution in [3.63, 3.8) is 0 Å². The van der Waals surface area contributed by atoms with Crippen LogP contribution in [0.25, 0.3) is 33.6 Å². The molecule has 1 aliphatic heterocycles. The number of aliphatic hydroxyl groups excluding tert-OH is 1. The van der Waals surface area contributed by atoms with Gasteiger partial charge in [-0.3, -0.25) is 4.79 Å². The van der Waals surface area contributed by atoms with Crippen molar-refractivity contribution in [2.24, 2.45) is 0 Å². The standard InChI is InChI=1S/C25H25N7O2S/c1-16-12-30(25-22(27-15-35-25)23-28-19-6-2-3-7-20(19)29-23)9-10-31(16)21(34)13-32-18(14-33)11-17-5-4-8-26-24(17)32/h2-8,11,15-16,33H,9-10,12-14H2,1H3,(H,28,29)/t16-/m1/s1. The Morgan fingerprint density at radius 1 is 1.20 bits per heavy atom. The second-order valence-electron chi connectivity index (χ2n) is 8.79. The smallest absolute Gasteiger partial charge is 0.242 e. The van der Waals surface area contributed by atoms with Gasteiger partial charge in [0.2, 0.25) is 5.91 Å². The Kier molecular flexibility index (Phi) is 5.46. The van der Waals surface area contributed by atoms with Crippen LogP contribution in [-0.2, 0) is 17.9 Å². The number of rotatable bonds is 5. The molecule has 1 atom stereocenters. The van der Waals surface area contributed by atoms with Crippen LogP contribution >= 0.6 is 11.3 Å². The molecule has 0 bridgehead atoms. The van der Waals surface area contributed by atoms with Gasteiger partial charge in [0.25, 0.3) is 0 Å². The van der Waals surface area contributed by atoms with Crippen molar-refractivity contribution in [1.29, 1.82) is 0 Å². The van der Waals surface area contributed by atoms with Crippen LogP contribution in [0.1, 0.15) is 12.6 Å². The fourth-order valence-corrected chi connectivity index (χ4v) is 5.71. The van der Waals surface area contributed by atoms with Crippen molar-refractivity contribution in [2.45, 2.75) is 26.1 Å². The predicted octanol–water partition coefficient (Wildman–Crippen LogP) is 3.27. The Morgan fingerprint density at radius 3 is 2.91 bits per heavy atom. The quantitative estimate of drug-likeness (QED) is 0.394. The van der Waals surface area contributed by atoms with E-state index < -0.39 is 0 Å². The monoisotopic (exact) mass is 487 g/mol. The molecule has 4 aromatic heterocycles. The number of aromatic amines is 1. The first kappa shape index (κ1) is 21.8. The summed E-state index contributed by atoms with van der Waals surface area (Å²) in [6.45, 7) is 4.12. The van der Waals surface area contributed by atoms with E-state index >= 15 is 0 Å². The lowest BCUT2D eigenvalue weighted by Gasteiger charge is -2.40. The molecule has 10 heteroatoms. The van der Waals surface area contributed by atoms with Crippen LogP contribution in [0.4, 0.5) is 5.00 Å². The Bertz CT molecular complexity index is 1490. The summed E-state index contributed by atoms with van der Waals surface area (Å²) in [5.74, 6) is 0.786. The van der Waals surface area contributed by atoms with Gasteiger partial charge in [0.05, 0.1) is 23.2 Å². The minimum atomic E-state index is -0.136. The van der Waals surface area contributed by atoms with Gasteiger partial charge < -0.3 is 24.5 Å². The van der Waals surface area contributed by atoms with Gasteiger partial charge in [0.1, 0.15) is 22.9 Å². The number of aromatic nitrogens is 5. The molecular formula is C25H25N7O2S. The maximum Gasteiger partial charge on any atom is 0.242 e. The highest BCUT2D eigenvalue weighted by atomic mass is 32.1. The number of fused-ring (bicyclic) bond motifs is 2. The third kappa shape index (κ3) is 3.84.